The molecule has 0 unspecified atom stereocenters. The first-order valence-electron chi connectivity index (χ1n) is 22.2. The predicted molar refractivity (Wildman–Crippen MR) is 261 cm³/mol. The Balaban J connectivity index is 0.000000297. The number of halogens is 2. The molecule has 0 amide bonds. The van der Waals surface area contributed by atoms with Crippen LogP contribution < -0.4 is 34.3 Å². The van der Waals surface area contributed by atoms with Crippen molar-refractivity contribution in [1.29, 1.82) is 0 Å². The van der Waals surface area contributed by atoms with Crippen molar-refractivity contribution >= 4 is 31.1 Å². The Morgan fingerprint density at radius 3 is 0.984 bits per heavy atom. The molecule has 1 radical (unpaired) electrons. The summed E-state index contributed by atoms with van der Waals surface area (Å²) in [6.45, 7) is 31.7. The van der Waals surface area contributed by atoms with Gasteiger partial charge in [0.05, 0.1) is 14.2 Å². The van der Waals surface area contributed by atoms with Crippen LogP contribution in [0.25, 0.3) is 43.8 Å². The van der Waals surface area contributed by atoms with Gasteiger partial charge in [-0.25, -0.2) is 0 Å². The van der Waals surface area contributed by atoms with E-state index in [1.165, 1.54) is 103 Å². The van der Waals surface area contributed by atoms with E-state index in [-0.39, 0.29) is 72.7 Å². The Morgan fingerprint density at radius 2 is 0.758 bits per heavy atom. The van der Waals surface area contributed by atoms with Crippen LogP contribution in [0, 0.1) is 0 Å². The summed E-state index contributed by atoms with van der Waals surface area (Å²) in [4.78, 5) is 0. The first kappa shape index (κ1) is 53.7. The quantitative estimate of drug-likeness (QED) is 0.122. The Kier molecular flexibility index (Phi) is 17.9. The van der Waals surface area contributed by atoms with Gasteiger partial charge in [0, 0.05) is 31.8 Å². The topological polar surface area (TPSA) is 18.5 Å². The first-order valence-corrected chi connectivity index (χ1v) is 24.5. The first-order chi connectivity index (χ1) is 27.6. The van der Waals surface area contributed by atoms with E-state index in [1.54, 1.807) is 14.2 Å². The molecule has 0 spiro atoms. The van der Waals surface area contributed by atoms with Gasteiger partial charge < -0.3 is 34.3 Å². The molecule has 0 aromatic heterocycles. The Bertz CT molecular complexity index is 2180. The van der Waals surface area contributed by atoms with Crippen molar-refractivity contribution in [2.24, 2.45) is 0 Å². The summed E-state index contributed by atoms with van der Waals surface area (Å²) >= 11 is 0. The van der Waals surface area contributed by atoms with Gasteiger partial charge in [-0.3, -0.25) is 0 Å². The van der Waals surface area contributed by atoms with Crippen LogP contribution in [-0.4, -0.2) is 23.7 Å². The number of benzene rings is 4. The van der Waals surface area contributed by atoms with E-state index in [0.29, 0.717) is 0 Å². The van der Waals surface area contributed by atoms with Crippen LogP contribution in [0.1, 0.15) is 154 Å². The Hall–Kier alpha value is -2.62. The van der Waals surface area contributed by atoms with E-state index in [1.807, 2.05) is 0 Å². The monoisotopic (exact) mass is 965 g/mol. The van der Waals surface area contributed by atoms with Gasteiger partial charge in [-0.05, 0) is 94.6 Å². The van der Waals surface area contributed by atoms with Crippen LogP contribution in [0.15, 0.2) is 84.9 Å². The number of ether oxygens (including phenoxy) is 2. The molecule has 6 heteroatoms. The zero-order valence-corrected chi connectivity index (χ0v) is 45.8. The molecule has 2 saturated carbocycles. The second-order valence-corrected chi connectivity index (χ2v) is 22.7. The van der Waals surface area contributed by atoms with Crippen molar-refractivity contribution in [2.75, 3.05) is 14.2 Å². The fraction of sp³-hybridized carbons (Fsp3) is 0.464. The largest absolute Gasteiger partial charge is 4.00 e. The smallest absolute Gasteiger partial charge is 1.00 e. The fourth-order valence-electron chi connectivity index (χ4n) is 8.56. The van der Waals surface area contributed by atoms with Crippen molar-refractivity contribution in [2.45, 2.75) is 155 Å². The van der Waals surface area contributed by atoms with Crippen LogP contribution in [0.4, 0.5) is 0 Å². The molecular formula is C56H73Cl2O2SiZr. The Morgan fingerprint density at radius 1 is 0.484 bits per heavy atom. The molecule has 2 aliphatic carbocycles. The molecule has 2 fully saturated rings. The number of rotatable bonds is 6. The van der Waals surface area contributed by atoms with Gasteiger partial charge in [0.2, 0.25) is 0 Å². The third kappa shape index (κ3) is 12.0. The number of methoxy groups -OCH3 is 2. The zero-order chi connectivity index (χ0) is 43.2. The van der Waals surface area contributed by atoms with Crippen LogP contribution >= 0.6 is 0 Å². The van der Waals surface area contributed by atoms with Crippen LogP contribution in [0.2, 0.25) is 13.1 Å². The van der Waals surface area contributed by atoms with E-state index in [4.69, 9.17) is 9.47 Å². The molecule has 0 N–H and O–H groups in total. The van der Waals surface area contributed by atoms with Crippen molar-refractivity contribution in [3.8, 4) is 33.8 Å². The third-order valence-electron chi connectivity index (χ3n) is 12.1. The third-order valence-corrected chi connectivity index (χ3v) is 12.1. The normalized spacial score (nSPS) is 14.1. The molecule has 331 valence electrons. The van der Waals surface area contributed by atoms with E-state index in [2.05, 4.69) is 181 Å². The molecule has 0 atom stereocenters. The minimum Gasteiger partial charge on any atom is -1.00 e. The standard InChI is InChI=1S/2C27H33O.C2H7Si.2ClH.Zr/c2*1-26(2,3)23-15-20(16-24(25(23)28-7)27(4,5)6)21-10-8-9-18-13-19(14-22(18)21)17-11-12-17;1-3-2;;;/h2*8-10,13-17H,11-12H2,1-7H3;3H,1-2H3;2*1H;/q2*-1;;;;+4/p-2. The van der Waals surface area contributed by atoms with E-state index < -0.39 is 0 Å². The molecule has 0 aliphatic heterocycles. The molecule has 6 aromatic carbocycles. The SMILES string of the molecule is COc1c(C(C)(C)C)cc(-c2cccc3[cH-]c(C4CC4)cc23)cc1C(C)(C)C.COc1c(C(C)(C)C)cc(-c2cccc3[cH-]c(C4CC4)cc23)cc1C(C)(C)C.C[SiH]C.[Cl-].[Cl-].[Zr+4]. The summed E-state index contributed by atoms with van der Waals surface area (Å²) < 4.78 is 11.9. The average Bonchev–Trinajstić information content (AvgIpc) is 4.10. The van der Waals surface area contributed by atoms with Gasteiger partial charge in [0.1, 0.15) is 11.5 Å². The summed E-state index contributed by atoms with van der Waals surface area (Å²) in [5.41, 5.74) is 13.5. The van der Waals surface area contributed by atoms with Gasteiger partial charge in [0.25, 0.3) is 0 Å². The molecule has 0 saturated heterocycles. The van der Waals surface area contributed by atoms with Crippen LogP contribution in [-0.2, 0) is 47.9 Å². The summed E-state index contributed by atoms with van der Waals surface area (Å²) in [6, 6.07) is 32.5. The minimum absolute atomic E-state index is 0. The summed E-state index contributed by atoms with van der Waals surface area (Å²) in [5.74, 6) is 3.65. The van der Waals surface area contributed by atoms with E-state index in [0.717, 1.165) is 32.9 Å². The van der Waals surface area contributed by atoms with E-state index in [9.17, 15) is 0 Å². The summed E-state index contributed by atoms with van der Waals surface area (Å²) in [7, 11) is 4.36. The zero-order valence-electron chi connectivity index (χ0n) is 40.7. The van der Waals surface area contributed by atoms with Crippen molar-refractivity contribution < 1.29 is 60.5 Å². The predicted octanol–water partition coefficient (Wildman–Crippen LogP) is 9.94. The van der Waals surface area contributed by atoms with Gasteiger partial charge >= 0.3 is 26.2 Å². The molecule has 2 aliphatic rings. The van der Waals surface area contributed by atoms with Gasteiger partial charge in [-0.15, -0.1) is 69.1 Å². The fourth-order valence-corrected chi connectivity index (χ4v) is 8.56. The maximum Gasteiger partial charge on any atom is 4.00 e. The molecule has 2 nitrogen and oxygen atoms in total. The average molecular weight is 968 g/mol. The molecule has 0 heterocycles. The summed E-state index contributed by atoms with van der Waals surface area (Å²) in [6.07, 6.45) is 5.38. The van der Waals surface area contributed by atoms with Gasteiger partial charge in [-0.1, -0.05) is 119 Å². The second kappa shape index (κ2) is 20.7. The number of fused-ring (bicyclic) bond motifs is 2. The molecular weight excluding hydrogens is 895 g/mol. The molecule has 0 bridgehead atoms. The maximum absolute atomic E-state index is 5.95. The molecule has 8 rings (SSSR count). The van der Waals surface area contributed by atoms with Crippen LogP contribution in [0.3, 0.4) is 0 Å². The number of hydrogen-bond acceptors (Lipinski definition) is 2. The van der Waals surface area contributed by atoms with Crippen molar-refractivity contribution in [1.82, 2.24) is 0 Å². The van der Waals surface area contributed by atoms with Crippen LogP contribution in [0.5, 0.6) is 11.5 Å². The second-order valence-electron chi connectivity index (χ2n) is 21.5. The summed E-state index contributed by atoms with van der Waals surface area (Å²) in [5, 5.41) is 5.50. The van der Waals surface area contributed by atoms with Crippen molar-refractivity contribution in [3.05, 3.63) is 118 Å². The molecule has 62 heavy (non-hydrogen) atoms. The maximum atomic E-state index is 5.95. The van der Waals surface area contributed by atoms with Gasteiger partial charge in [-0.2, -0.15) is 12.1 Å². The number of hydrogen-bond donors (Lipinski definition) is 0. The van der Waals surface area contributed by atoms with Gasteiger partial charge in [0.15, 0.2) is 0 Å². The Labute approximate surface area is 410 Å². The van der Waals surface area contributed by atoms with E-state index >= 15 is 0 Å². The molecule has 6 aromatic rings. The minimum atomic E-state index is 0. The van der Waals surface area contributed by atoms with Crippen molar-refractivity contribution in [3.63, 3.8) is 0 Å².